The molecular weight excluding hydrogens is 506 g/mol. The number of aryl methyl sites for hydroxylation is 2. The van der Waals surface area contributed by atoms with Gasteiger partial charge in [-0.1, -0.05) is 52.3 Å². The van der Waals surface area contributed by atoms with Crippen molar-refractivity contribution in [1.82, 2.24) is 14.9 Å². The first-order valence-electron chi connectivity index (χ1n) is 11.7. The van der Waals surface area contributed by atoms with E-state index in [0.29, 0.717) is 34.5 Å². The SMILES string of the molecule is CC.Cc1cc2nc(Nc3cc(CNC(=O)C(C)(C)C)ccc3Cl)n(C)c2cc1OCC(F)F.O=CO. The molecular formula is C26H35ClF2N4O4. The molecule has 3 aromatic rings. The van der Waals surface area contributed by atoms with Crippen LogP contribution in [0.15, 0.2) is 30.3 Å². The molecule has 1 amide bonds. The van der Waals surface area contributed by atoms with Crippen LogP contribution in [-0.2, 0) is 23.2 Å². The first-order valence-corrected chi connectivity index (χ1v) is 12.0. The lowest BCUT2D eigenvalue weighted by atomic mass is 9.95. The van der Waals surface area contributed by atoms with E-state index in [9.17, 15) is 13.6 Å². The maximum atomic E-state index is 12.5. The smallest absolute Gasteiger partial charge is 0.290 e. The molecule has 3 N–H and O–H groups in total. The number of alkyl halides is 2. The lowest BCUT2D eigenvalue weighted by Crippen LogP contribution is -2.34. The molecule has 37 heavy (non-hydrogen) atoms. The number of imidazole rings is 1. The van der Waals surface area contributed by atoms with E-state index in [-0.39, 0.29) is 12.4 Å². The molecule has 0 saturated heterocycles. The first kappa shape index (κ1) is 31.6. The van der Waals surface area contributed by atoms with Crippen molar-refractivity contribution in [1.29, 1.82) is 0 Å². The third kappa shape index (κ3) is 9.20. The Bertz CT molecular complexity index is 1190. The van der Waals surface area contributed by atoms with Gasteiger partial charge in [-0.15, -0.1) is 0 Å². The maximum absolute atomic E-state index is 12.5. The molecule has 0 aliphatic heterocycles. The van der Waals surface area contributed by atoms with E-state index >= 15 is 0 Å². The van der Waals surface area contributed by atoms with Crippen LogP contribution >= 0.6 is 11.6 Å². The molecule has 0 atom stereocenters. The Labute approximate surface area is 221 Å². The van der Waals surface area contributed by atoms with Gasteiger partial charge >= 0.3 is 0 Å². The summed E-state index contributed by atoms with van der Waals surface area (Å²) in [7, 11) is 1.81. The van der Waals surface area contributed by atoms with Gasteiger partial charge in [-0.2, -0.15) is 0 Å². The fourth-order valence-electron chi connectivity index (χ4n) is 3.09. The van der Waals surface area contributed by atoms with Crippen molar-refractivity contribution in [2.75, 3.05) is 11.9 Å². The van der Waals surface area contributed by atoms with E-state index in [0.717, 1.165) is 16.6 Å². The number of fused-ring (bicyclic) bond motifs is 1. The summed E-state index contributed by atoms with van der Waals surface area (Å²) in [4.78, 5) is 25.1. The molecule has 0 aliphatic rings. The van der Waals surface area contributed by atoms with Crippen molar-refractivity contribution in [2.45, 2.75) is 54.5 Å². The van der Waals surface area contributed by atoms with Crippen LogP contribution < -0.4 is 15.4 Å². The summed E-state index contributed by atoms with van der Waals surface area (Å²) in [6, 6.07) is 8.95. The number of hydrogen-bond donors (Lipinski definition) is 3. The molecule has 3 rings (SSSR count). The highest BCUT2D eigenvalue weighted by Gasteiger charge is 2.20. The lowest BCUT2D eigenvalue weighted by molar-refractivity contribution is -0.128. The van der Waals surface area contributed by atoms with Crippen molar-refractivity contribution in [3.05, 3.63) is 46.5 Å². The monoisotopic (exact) mass is 540 g/mol. The largest absolute Gasteiger partial charge is 0.487 e. The molecule has 0 fully saturated rings. The minimum Gasteiger partial charge on any atom is -0.487 e. The molecule has 0 aliphatic carbocycles. The van der Waals surface area contributed by atoms with E-state index in [4.69, 9.17) is 26.2 Å². The number of carbonyl (C=O) groups is 2. The average Bonchev–Trinajstić information content (AvgIpc) is 3.12. The quantitative estimate of drug-likeness (QED) is 0.303. The molecule has 1 aromatic heterocycles. The van der Waals surface area contributed by atoms with E-state index in [2.05, 4.69) is 15.6 Å². The Hall–Kier alpha value is -3.40. The number of carbonyl (C=O) groups excluding carboxylic acids is 1. The molecule has 204 valence electrons. The highest BCUT2D eigenvalue weighted by atomic mass is 35.5. The number of nitrogens with zero attached hydrogens (tertiary/aromatic N) is 2. The minimum absolute atomic E-state index is 0.0439. The second-order valence-corrected chi connectivity index (χ2v) is 9.19. The summed E-state index contributed by atoms with van der Waals surface area (Å²) < 4.78 is 32.1. The van der Waals surface area contributed by atoms with Crippen LogP contribution in [0.5, 0.6) is 5.75 Å². The summed E-state index contributed by atoms with van der Waals surface area (Å²) in [6.45, 7) is 10.8. The van der Waals surface area contributed by atoms with E-state index in [1.807, 2.05) is 53.8 Å². The number of carboxylic acid groups (broad SMARTS) is 1. The molecule has 0 bridgehead atoms. The third-order valence-corrected chi connectivity index (χ3v) is 5.28. The Morgan fingerprint density at radius 1 is 1.24 bits per heavy atom. The standard InChI is InChI=1S/C23H27ClF2N4O2.C2H6.CH2O2/c1-13-8-17-18(10-19(13)32-12-20(25)26)30(5)22(29-17)28-16-9-14(6-7-15(16)24)11-27-21(31)23(2,3)4;1-2;2-1-3/h6-10,20H,11-12H2,1-5H3,(H,27,31)(H,28,29);1-2H3;1H,(H,2,3). The predicted octanol–water partition coefficient (Wildman–Crippen LogP) is 6.31. The molecule has 11 heteroatoms. The number of benzene rings is 2. The highest BCUT2D eigenvalue weighted by molar-refractivity contribution is 6.33. The average molecular weight is 541 g/mol. The number of anilines is 2. The molecule has 0 unspecified atom stereocenters. The van der Waals surface area contributed by atoms with Gasteiger partial charge in [0, 0.05) is 25.1 Å². The zero-order chi connectivity index (χ0) is 28.3. The number of hydrogen-bond acceptors (Lipinski definition) is 5. The van der Waals surface area contributed by atoms with Crippen molar-refractivity contribution in [3.63, 3.8) is 0 Å². The highest BCUT2D eigenvalue weighted by Crippen LogP contribution is 2.31. The van der Waals surface area contributed by atoms with Gasteiger partial charge in [-0.05, 0) is 36.2 Å². The van der Waals surface area contributed by atoms with E-state index in [1.165, 1.54) is 0 Å². The predicted molar refractivity (Wildman–Crippen MR) is 143 cm³/mol. The van der Waals surface area contributed by atoms with Crippen LogP contribution in [0.25, 0.3) is 11.0 Å². The summed E-state index contributed by atoms with van der Waals surface area (Å²) in [5.41, 5.74) is 3.19. The zero-order valence-corrected chi connectivity index (χ0v) is 22.9. The van der Waals surface area contributed by atoms with Crippen LogP contribution in [0.4, 0.5) is 20.4 Å². The van der Waals surface area contributed by atoms with Gasteiger partial charge in [0.25, 0.3) is 12.9 Å². The van der Waals surface area contributed by atoms with Crippen LogP contribution in [0.1, 0.15) is 45.7 Å². The van der Waals surface area contributed by atoms with Gasteiger partial charge < -0.3 is 25.0 Å². The normalized spacial score (nSPS) is 10.7. The molecule has 8 nitrogen and oxygen atoms in total. The minimum atomic E-state index is -2.54. The summed E-state index contributed by atoms with van der Waals surface area (Å²) in [5.74, 6) is 0.878. The van der Waals surface area contributed by atoms with Gasteiger partial charge in [0.05, 0.1) is 21.7 Å². The van der Waals surface area contributed by atoms with Crippen LogP contribution in [-0.4, -0.2) is 40.1 Å². The maximum Gasteiger partial charge on any atom is 0.290 e. The number of aromatic nitrogens is 2. The molecule has 2 aromatic carbocycles. The molecule has 1 heterocycles. The number of halogens is 3. The van der Waals surface area contributed by atoms with Gasteiger partial charge in [-0.3, -0.25) is 9.59 Å². The van der Waals surface area contributed by atoms with Gasteiger partial charge in [0.1, 0.15) is 12.4 Å². The van der Waals surface area contributed by atoms with E-state index < -0.39 is 18.4 Å². The topological polar surface area (TPSA) is 105 Å². The molecule has 0 saturated carbocycles. The number of nitrogens with one attached hydrogen (secondary N) is 2. The van der Waals surface area contributed by atoms with Crippen molar-refractivity contribution < 1.29 is 28.2 Å². The summed E-state index contributed by atoms with van der Waals surface area (Å²) in [6.07, 6.45) is -2.54. The number of ether oxygens (including phenoxy) is 1. The second-order valence-electron chi connectivity index (χ2n) is 8.78. The van der Waals surface area contributed by atoms with Crippen molar-refractivity contribution in [2.24, 2.45) is 12.5 Å². The third-order valence-electron chi connectivity index (χ3n) is 4.95. The van der Waals surface area contributed by atoms with Gasteiger partial charge in [-0.25, -0.2) is 13.8 Å². The fraction of sp³-hybridized carbons (Fsp3) is 0.423. The Morgan fingerprint density at radius 2 is 1.86 bits per heavy atom. The van der Waals surface area contributed by atoms with Crippen LogP contribution in [0.2, 0.25) is 5.02 Å². The Morgan fingerprint density at radius 3 is 2.43 bits per heavy atom. The molecule has 0 radical (unpaired) electrons. The lowest BCUT2D eigenvalue weighted by Gasteiger charge is -2.18. The van der Waals surface area contributed by atoms with Crippen LogP contribution in [0.3, 0.4) is 0 Å². The van der Waals surface area contributed by atoms with Crippen molar-refractivity contribution >= 4 is 46.6 Å². The van der Waals surface area contributed by atoms with Gasteiger partial charge in [0.2, 0.25) is 11.9 Å². The van der Waals surface area contributed by atoms with E-state index in [1.54, 1.807) is 29.7 Å². The number of amides is 1. The second kappa shape index (κ2) is 14.4. The van der Waals surface area contributed by atoms with Crippen molar-refractivity contribution in [3.8, 4) is 5.75 Å². The first-order chi connectivity index (χ1) is 17.4. The molecule has 0 spiro atoms. The van der Waals surface area contributed by atoms with Crippen LogP contribution in [0, 0.1) is 12.3 Å². The number of rotatable bonds is 7. The van der Waals surface area contributed by atoms with Gasteiger partial charge in [0.15, 0.2) is 0 Å². The fourth-order valence-corrected chi connectivity index (χ4v) is 3.25. The summed E-state index contributed by atoms with van der Waals surface area (Å²) in [5, 5.41) is 13.5. The Balaban J connectivity index is 0.00000127. The zero-order valence-electron chi connectivity index (χ0n) is 22.2. The Kier molecular flexibility index (Phi) is 12.3. The summed E-state index contributed by atoms with van der Waals surface area (Å²) >= 11 is 6.38.